The van der Waals surface area contributed by atoms with Gasteiger partial charge in [-0.25, -0.2) is 26.9 Å². The molecule has 7 nitrogen and oxygen atoms in total. The lowest BCUT2D eigenvalue weighted by Crippen LogP contribution is -2.35. The van der Waals surface area contributed by atoms with Gasteiger partial charge >= 0.3 is 0 Å². The van der Waals surface area contributed by atoms with Crippen molar-refractivity contribution in [3.05, 3.63) is 70.1 Å². The normalized spacial score (nSPS) is 11.4. The second kappa shape index (κ2) is 6.06. The molecule has 0 unspecified atom stereocenters. The van der Waals surface area contributed by atoms with Gasteiger partial charge in [-0.1, -0.05) is 18.2 Å². The zero-order valence-electron chi connectivity index (χ0n) is 12.3. The van der Waals surface area contributed by atoms with Crippen LogP contribution in [0.4, 0.5) is 8.78 Å². The smallest absolute Gasteiger partial charge is 0.289 e. The lowest BCUT2D eigenvalue weighted by Gasteiger charge is -2.07. The number of rotatable bonds is 3. The second-order valence-electron chi connectivity index (χ2n) is 4.95. The summed E-state index contributed by atoms with van der Waals surface area (Å²) in [6.07, 6.45) is 0. The first kappa shape index (κ1) is 16.7. The second-order valence-corrected chi connectivity index (χ2v) is 6.63. The van der Waals surface area contributed by atoms with Crippen LogP contribution in [0.1, 0.15) is 10.5 Å². The number of fused-ring (bicyclic) bond motifs is 1. The van der Waals surface area contributed by atoms with Gasteiger partial charge in [-0.2, -0.15) is 0 Å². The predicted octanol–water partition coefficient (Wildman–Crippen LogP) is 1.32. The highest BCUT2D eigenvalue weighted by Crippen LogP contribution is 2.14. The van der Waals surface area contributed by atoms with Gasteiger partial charge < -0.3 is 4.98 Å². The highest BCUT2D eigenvalue weighted by Gasteiger charge is 2.22. The minimum Gasteiger partial charge on any atom is -0.318 e. The summed E-state index contributed by atoms with van der Waals surface area (Å²) in [4.78, 5) is 29.6. The average molecular weight is 365 g/mol. The number of nitrogens with one attached hydrogen (secondary N) is 2. The number of aromatic amines is 1. The van der Waals surface area contributed by atoms with E-state index in [0.717, 1.165) is 0 Å². The molecule has 2 N–H and O–H groups in total. The highest BCUT2D eigenvalue weighted by atomic mass is 32.2. The molecule has 0 spiro atoms. The molecule has 0 saturated heterocycles. The van der Waals surface area contributed by atoms with E-state index < -0.39 is 38.8 Å². The van der Waals surface area contributed by atoms with Crippen molar-refractivity contribution in [2.45, 2.75) is 4.90 Å². The first-order chi connectivity index (χ1) is 11.8. The molecule has 0 fully saturated rings. The van der Waals surface area contributed by atoms with Crippen LogP contribution in [0.25, 0.3) is 11.0 Å². The van der Waals surface area contributed by atoms with Crippen molar-refractivity contribution in [3.63, 3.8) is 0 Å². The fourth-order valence-corrected chi connectivity index (χ4v) is 3.04. The SMILES string of the molecule is O=C(NS(=O)(=O)c1ccccc1)c1nc2cc(F)c(F)cc2[nH]c1=O. The van der Waals surface area contributed by atoms with Crippen LogP contribution in [-0.2, 0) is 10.0 Å². The largest absolute Gasteiger partial charge is 0.318 e. The molecule has 0 saturated carbocycles. The van der Waals surface area contributed by atoms with E-state index in [-0.39, 0.29) is 15.9 Å². The fraction of sp³-hybridized carbons (Fsp3) is 0. The molecular weight excluding hydrogens is 356 g/mol. The number of halogens is 2. The molecule has 0 bridgehead atoms. The van der Waals surface area contributed by atoms with Crippen LogP contribution in [0.15, 0.2) is 52.2 Å². The summed E-state index contributed by atoms with van der Waals surface area (Å²) in [5.74, 6) is -3.72. The molecule has 0 aliphatic carbocycles. The molecule has 0 aliphatic rings. The van der Waals surface area contributed by atoms with Crippen LogP contribution in [-0.4, -0.2) is 24.3 Å². The first-order valence-electron chi connectivity index (χ1n) is 6.79. The third-order valence-electron chi connectivity index (χ3n) is 3.23. The Kier molecular flexibility index (Phi) is 4.05. The number of nitrogens with zero attached hydrogens (tertiary/aromatic N) is 1. The van der Waals surface area contributed by atoms with Gasteiger partial charge in [0.25, 0.3) is 21.5 Å². The van der Waals surface area contributed by atoms with E-state index in [1.165, 1.54) is 24.3 Å². The van der Waals surface area contributed by atoms with Crippen molar-refractivity contribution >= 4 is 27.0 Å². The minimum absolute atomic E-state index is 0.133. The molecule has 128 valence electrons. The van der Waals surface area contributed by atoms with Crippen molar-refractivity contribution < 1.29 is 22.0 Å². The Morgan fingerprint density at radius 3 is 2.40 bits per heavy atom. The van der Waals surface area contributed by atoms with Crippen LogP contribution in [0.5, 0.6) is 0 Å². The number of carbonyl (C=O) groups excluding carboxylic acids is 1. The van der Waals surface area contributed by atoms with Crippen LogP contribution < -0.4 is 10.3 Å². The van der Waals surface area contributed by atoms with Gasteiger partial charge in [0.2, 0.25) is 0 Å². The standard InChI is InChI=1S/C15H9F2N3O4S/c16-9-6-11-12(7-10(9)17)19-14(21)13(18-11)15(22)20-25(23,24)8-4-2-1-3-5-8/h1-7H,(H,19,21)(H,20,22). The topological polar surface area (TPSA) is 109 Å². The Morgan fingerprint density at radius 1 is 1.08 bits per heavy atom. The number of carbonyl (C=O) groups is 1. The molecule has 2 aromatic carbocycles. The van der Waals surface area contributed by atoms with Crippen LogP contribution >= 0.6 is 0 Å². The lowest BCUT2D eigenvalue weighted by molar-refractivity contribution is 0.0975. The number of amides is 1. The maximum Gasteiger partial charge on any atom is 0.289 e. The zero-order chi connectivity index (χ0) is 18.2. The van der Waals surface area contributed by atoms with Crippen LogP contribution in [0, 0.1) is 11.6 Å². The number of hydrogen-bond acceptors (Lipinski definition) is 5. The summed E-state index contributed by atoms with van der Waals surface area (Å²) < 4.78 is 52.4. The summed E-state index contributed by atoms with van der Waals surface area (Å²) >= 11 is 0. The third kappa shape index (κ3) is 3.24. The highest BCUT2D eigenvalue weighted by molar-refractivity contribution is 7.90. The summed E-state index contributed by atoms with van der Waals surface area (Å²) in [6, 6.07) is 8.40. The molecular formula is C15H9F2N3O4S. The van der Waals surface area contributed by atoms with Gasteiger partial charge in [0, 0.05) is 12.1 Å². The van der Waals surface area contributed by atoms with Gasteiger partial charge in [0.15, 0.2) is 17.3 Å². The number of sulfonamides is 1. The molecule has 1 heterocycles. The molecule has 1 amide bonds. The summed E-state index contributed by atoms with van der Waals surface area (Å²) in [5.41, 5.74) is -2.18. The Balaban J connectivity index is 2.01. The molecule has 0 aliphatic heterocycles. The van der Waals surface area contributed by atoms with E-state index in [1.54, 1.807) is 10.8 Å². The van der Waals surface area contributed by atoms with Crippen molar-refractivity contribution in [2.24, 2.45) is 0 Å². The van der Waals surface area contributed by atoms with Crippen molar-refractivity contribution in [3.8, 4) is 0 Å². The van der Waals surface area contributed by atoms with Gasteiger partial charge in [-0.15, -0.1) is 0 Å². The Hall–Kier alpha value is -3.14. The molecule has 10 heteroatoms. The zero-order valence-corrected chi connectivity index (χ0v) is 13.1. The van der Waals surface area contributed by atoms with E-state index >= 15 is 0 Å². The van der Waals surface area contributed by atoms with E-state index in [1.807, 2.05) is 0 Å². The molecule has 3 aromatic rings. The Labute approximate surface area is 139 Å². The quantitative estimate of drug-likeness (QED) is 0.728. The number of hydrogen-bond donors (Lipinski definition) is 2. The third-order valence-corrected chi connectivity index (χ3v) is 4.58. The molecule has 25 heavy (non-hydrogen) atoms. The molecule has 0 radical (unpaired) electrons. The maximum absolute atomic E-state index is 13.3. The number of aromatic nitrogens is 2. The number of benzene rings is 2. The number of H-pyrrole nitrogens is 1. The molecule has 1 aromatic heterocycles. The Bertz CT molecular complexity index is 1140. The molecule has 3 rings (SSSR count). The fourth-order valence-electron chi connectivity index (χ4n) is 2.06. The monoisotopic (exact) mass is 365 g/mol. The summed E-state index contributed by atoms with van der Waals surface area (Å²) in [7, 11) is -4.22. The van der Waals surface area contributed by atoms with Gasteiger partial charge in [-0.3, -0.25) is 9.59 Å². The molecule has 0 atom stereocenters. The maximum atomic E-state index is 13.3. The van der Waals surface area contributed by atoms with Crippen LogP contribution in [0.2, 0.25) is 0 Å². The predicted molar refractivity (Wildman–Crippen MR) is 83.4 cm³/mol. The van der Waals surface area contributed by atoms with Crippen molar-refractivity contribution in [1.82, 2.24) is 14.7 Å². The van der Waals surface area contributed by atoms with Gasteiger partial charge in [0.05, 0.1) is 15.9 Å². The van der Waals surface area contributed by atoms with Gasteiger partial charge in [-0.05, 0) is 12.1 Å². The Morgan fingerprint density at radius 2 is 1.72 bits per heavy atom. The van der Waals surface area contributed by atoms with Crippen LogP contribution in [0.3, 0.4) is 0 Å². The summed E-state index contributed by atoms with van der Waals surface area (Å²) in [5, 5.41) is 0. The van der Waals surface area contributed by atoms with Gasteiger partial charge in [0.1, 0.15) is 0 Å². The van der Waals surface area contributed by atoms with Crippen molar-refractivity contribution in [1.29, 1.82) is 0 Å². The first-order valence-corrected chi connectivity index (χ1v) is 8.27. The van der Waals surface area contributed by atoms with E-state index in [0.29, 0.717) is 12.1 Å². The minimum atomic E-state index is -4.22. The van der Waals surface area contributed by atoms with Crippen molar-refractivity contribution in [2.75, 3.05) is 0 Å². The van der Waals surface area contributed by atoms with E-state index in [2.05, 4.69) is 9.97 Å². The van der Waals surface area contributed by atoms with E-state index in [9.17, 15) is 26.8 Å². The van der Waals surface area contributed by atoms with E-state index in [4.69, 9.17) is 0 Å². The average Bonchev–Trinajstić information content (AvgIpc) is 2.56. The lowest BCUT2D eigenvalue weighted by atomic mass is 10.2. The summed E-state index contributed by atoms with van der Waals surface area (Å²) in [6.45, 7) is 0.